The molecule has 2 heterocycles. The van der Waals surface area contributed by atoms with Gasteiger partial charge in [-0.1, -0.05) is 6.92 Å². The van der Waals surface area contributed by atoms with Crippen molar-refractivity contribution >= 4 is 5.96 Å². The molecule has 2 aliphatic heterocycles. The number of nitrogens with one attached hydrogen (secondary N) is 2. The van der Waals surface area contributed by atoms with Crippen molar-refractivity contribution in [2.45, 2.75) is 20.1 Å². The van der Waals surface area contributed by atoms with E-state index in [9.17, 15) is 8.78 Å². The Bertz CT molecular complexity index is 699. The molecule has 162 valence electrons. The predicted molar refractivity (Wildman–Crippen MR) is 104 cm³/mol. The molecule has 0 saturated carbocycles. The van der Waals surface area contributed by atoms with E-state index < -0.39 is 6.61 Å². The molecule has 10 heteroatoms. The van der Waals surface area contributed by atoms with Crippen molar-refractivity contribution in [3.8, 4) is 17.2 Å². The van der Waals surface area contributed by atoms with Crippen molar-refractivity contribution < 1.29 is 27.7 Å². The minimum Gasteiger partial charge on any atom is -0.454 e. The standard InChI is InChI=1S/C19H28F2N4O4/c1-13(11-25-3-5-26-6-4-25)9-23-19(22-2)24-10-14-7-16-17(28-12-27-16)8-15(14)29-18(20)21/h7-8,13,18H,3-6,9-12H2,1-2H3,(H2,22,23,24). The summed E-state index contributed by atoms with van der Waals surface area (Å²) < 4.78 is 46.1. The molecule has 2 N–H and O–H groups in total. The van der Waals surface area contributed by atoms with Crippen LogP contribution in [0.3, 0.4) is 0 Å². The second kappa shape index (κ2) is 10.4. The van der Waals surface area contributed by atoms with Gasteiger partial charge in [-0.15, -0.1) is 0 Å². The molecule has 2 aliphatic rings. The summed E-state index contributed by atoms with van der Waals surface area (Å²) in [6.45, 7) is 4.73. The Balaban J connectivity index is 1.52. The summed E-state index contributed by atoms with van der Waals surface area (Å²) in [7, 11) is 1.66. The highest BCUT2D eigenvalue weighted by atomic mass is 19.3. The van der Waals surface area contributed by atoms with Crippen LogP contribution in [0.2, 0.25) is 0 Å². The number of hydrogen-bond acceptors (Lipinski definition) is 6. The summed E-state index contributed by atoms with van der Waals surface area (Å²) in [6.07, 6.45) is 0. The molecular formula is C19H28F2N4O4. The number of rotatable bonds is 8. The van der Waals surface area contributed by atoms with Gasteiger partial charge >= 0.3 is 6.61 Å². The number of aliphatic imine (C=N–C) groups is 1. The van der Waals surface area contributed by atoms with E-state index in [0.29, 0.717) is 28.9 Å². The zero-order valence-electron chi connectivity index (χ0n) is 16.7. The molecule has 3 rings (SSSR count). The van der Waals surface area contributed by atoms with E-state index >= 15 is 0 Å². The van der Waals surface area contributed by atoms with Crippen LogP contribution in [0.1, 0.15) is 12.5 Å². The van der Waals surface area contributed by atoms with E-state index in [1.807, 2.05) is 0 Å². The molecule has 8 nitrogen and oxygen atoms in total. The molecule has 0 spiro atoms. The number of nitrogens with zero attached hydrogens (tertiary/aromatic N) is 2. The van der Waals surface area contributed by atoms with Crippen LogP contribution in [0.15, 0.2) is 17.1 Å². The lowest BCUT2D eigenvalue weighted by Crippen LogP contribution is -2.43. The Morgan fingerprint density at radius 2 is 1.93 bits per heavy atom. The third-order valence-electron chi connectivity index (χ3n) is 4.73. The molecule has 1 fully saturated rings. The molecule has 29 heavy (non-hydrogen) atoms. The van der Waals surface area contributed by atoms with E-state index in [4.69, 9.17) is 14.2 Å². The summed E-state index contributed by atoms with van der Waals surface area (Å²) in [4.78, 5) is 6.58. The van der Waals surface area contributed by atoms with Gasteiger partial charge < -0.3 is 29.6 Å². The Kier molecular flexibility index (Phi) is 7.70. The Hall–Kier alpha value is -2.33. The fourth-order valence-electron chi connectivity index (χ4n) is 3.27. The van der Waals surface area contributed by atoms with Crippen molar-refractivity contribution in [1.82, 2.24) is 15.5 Å². The summed E-state index contributed by atoms with van der Waals surface area (Å²) >= 11 is 0. The molecule has 0 radical (unpaired) electrons. The molecular weight excluding hydrogens is 386 g/mol. The third-order valence-corrected chi connectivity index (χ3v) is 4.73. The maximum atomic E-state index is 12.8. The van der Waals surface area contributed by atoms with Crippen molar-refractivity contribution in [3.63, 3.8) is 0 Å². The van der Waals surface area contributed by atoms with Gasteiger partial charge in [0.25, 0.3) is 0 Å². The summed E-state index contributed by atoms with van der Waals surface area (Å²) in [5.74, 6) is 1.94. The lowest BCUT2D eigenvalue weighted by molar-refractivity contribution is -0.0505. The number of hydrogen-bond donors (Lipinski definition) is 2. The van der Waals surface area contributed by atoms with Gasteiger partial charge in [0.15, 0.2) is 17.5 Å². The summed E-state index contributed by atoms with van der Waals surface area (Å²) in [5, 5.41) is 6.41. The van der Waals surface area contributed by atoms with Gasteiger partial charge in [-0.05, 0) is 12.0 Å². The van der Waals surface area contributed by atoms with Gasteiger partial charge in [0.2, 0.25) is 6.79 Å². The topological polar surface area (TPSA) is 76.6 Å². The van der Waals surface area contributed by atoms with Crippen LogP contribution in [-0.2, 0) is 11.3 Å². The van der Waals surface area contributed by atoms with Gasteiger partial charge in [0, 0.05) is 51.4 Å². The van der Waals surface area contributed by atoms with Crippen molar-refractivity contribution in [2.24, 2.45) is 10.9 Å². The quantitative estimate of drug-likeness (QED) is 0.495. The summed E-state index contributed by atoms with van der Waals surface area (Å²) in [5.41, 5.74) is 0.527. The minimum absolute atomic E-state index is 0.0490. The number of fused-ring (bicyclic) bond motifs is 1. The molecule has 1 aromatic carbocycles. The first-order valence-electron chi connectivity index (χ1n) is 9.67. The van der Waals surface area contributed by atoms with Gasteiger partial charge in [-0.2, -0.15) is 8.78 Å². The second-order valence-corrected chi connectivity index (χ2v) is 7.02. The van der Waals surface area contributed by atoms with E-state index in [0.717, 1.165) is 39.4 Å². The van der Waals surface area contributed by atoms with Crippen molar-refractivity contribution in [3.05, 3.63) is 17.7 Å². The largest absolute Gasteiger partial charge is 0.454 e. The average molecular weight is 414 g/mol. The smallest absolute Gasteiger partial charge is 0.387 e. The van der Waals surface area contributed by atoms with Crippen LogP contribution in [0, 0.1) is 5.92 Å². The highest BCUT2D eigenvalue weighted by Gasteiger charge is 2.20. The van der Waals surface area contributed by atoms with E-state index in [1.54, 1.807) is 13.1 Å². The maximum absolute atomic E-state index is 12.8. The molecule has 1 unspecified atom stereocenters. The van der Waals surface area contributed by atoms with Crippen LogP contribution in [0.4, 0.5) is 8.78 Å². The van der Waals surface area contributed by atoms with Crippen LogP contribution >= 0.6 is 0 Å². The molecule has 1 aromatic rings. The molecule has 0 bridgehead atoms. The highest BCUT2D eigenvalue weighted by molar-refractivity contribution is 5.79. The fourth-order valence-corrected chi connectivity index (χ4v) is 3.27. The van der Waals surface area contributed by atoms with Crippen LogP contribution in [0.5, 0.6) is 17.2 Å². The first kappa shape index (κ1) is 21.4. The molecule has 0 aliphatic carbocycles. The number of morpholine rings is 1. The van der Waals surface area contributed by atoms with E-state index in [-0.39, 0.29) is 19.1 Å². The Morgan fingerprint density at radius 3 is 2.62 bits per heavy atom. The van der Waals surface area contributed by atoms with Crippen LogP contribution < -0.4 is 24.8 Å². The van der Waals surface area contributed by atoms with E-state index in [2.05, 4.69) is 32.2 Å². The second-order valence-electron chi connectivity index (χ2n) is 7.02. The summed E-state index contributed by atoms with van der Waals surface area (Å²) in [6, 6.07) is 3.06. The minimum atomic E-state index is -2.92. The third kappa shape index (κ3) is 6.33. The average Bonchev–Trinajstić information content (AvgIpc) is 3.15. The van der Waals surface area contributed by atoms with Crippen molar-refractivity contribution in [1.29, 1.82) is 0 Å². The van der Waals surface area contributed by atoms with Crippen molar-refractivity contribution in [2.75, 3.05) is 53.2 Å². The van der Waals surface area contributed by atoms with Gasteiger partial charge in [-0.25, -0.2) is 0 Å². The monoisotopic (exact) mass is 414 g/mol. The number of halogens is 2. The normalized spacial score (nSPS) is 18.0. The van der Waals surface area contributed by atoms with Gasteiger partial charge in [-0.3, -0.25) is 9.89 Å². The maximum Gasteiger partial charge on any atom is 0.387 e. The lowest BCUT2D eigenvalue weighted by atomic mass is 10.1. The zero-order chi connectivity index (χ0) is 20.6. The lowest BCUT2D eigenvalue weighted by Gasteiger charge is -2.29. The number of guanidine groups is 1. The first-order valence-corrected chi connectivity index (χ1v) is 9.67. The molecule has 1 atom stereocenters. The molecule has 0 aromatic heterocycles. The zero-order valence-corrected chi connectivity index (χ0v) is 16.7. The predicted octanol–water partition coefficient (Wildman–Crippen LogP) is 1.65. The number of benzene rings is 1. The SMILES string of the molecule is CN=C(NCc1cc2c(cc1OC(F)F)OCO2)NCC(C)CN1CCOCC1. The highest BCUT2D eigenvalue weighted by Crippen LogP contribution is 2.38. The molecule has 0 amide bonds. The van der Waals surface area contributed by atoms with Gasteiger partial charge in [0.1, 0.15) is 5.75 Å². The first-order chi connectivity index (χ1) is 14.0. The molecule has 1 saturated heterocycles. The number of ether oxygens (including phenoxy) is 4. The van der Waals surface area contributed by atoms with Crippen LogP contribution in [0.25, 0.3) is 0 Å². The Morgan fingerprint density at radius 1 is 1.21 bits per heavy atom. The van der Waals surface area contributed by atoms with E-state index in [1.165, 1.54) is 6.07 Å². The van der Waals surface area contributed by atoms with Crippen LogP contribution in [-0.4, -0.2) is 70.7 Å². The Labute approximate surface area is 169 Å². The number of alkyl halides is 2. The fraction of sp³-hybridized carbons (Fsp3) is 0.632. The van der Waals surface area contributed by atoms with Gasteiger partial charge in [0.05, 0.1) is 13.2 Å².